The minimum Gasteiger partial charge on any atom is -0.363 e. The van der Waals surface area contributed by atoms with Crippen molar-refractivity contribution in [1.29, 1.82) is 0 Å². The molecule has 0 atom stereocenters. The van der Waals surface area contributed by atoms with Gasteiger partial charge in [-0.15, -0.1) is 0 Å². The molecular weight excluding hydrogens is 350 g/mol. The Kier molecular flexibility index (Phi) is 7.54. The van der Waals surface area contributed by atoms with E-state index in [2.05, 4.69) is 5.32 Å². The van der Waals surface area contributed by atoms with E-state index in [1.54, 1.807) is 25.2 Å². The molecule has 1 heterocycles. The summed E-state index contributed by atoms with van der Waals surface area (Å²) in [6.07, 6.45) is 0.854. The van der Waals surface area contributed by atoms with E-state index in [1.807, 2.05) is 16.7 Å². The number of nitro groups is 1. The lowest BCUT2D eigenvalue weighted by molar-refractivity contribution is -0.384. The summed E-state index contributed by atoms with van der Waals surface area (Å²) < 4.78 is 0. The summed E-state index contributed by atoms with van der Waals surface area (Å²) in [5, 5.41) is 13.9. The van der Waals surface area contributed by atoms with Crippen LogP contribution in [0.3, 0.4) is 0 Å². The molecule has 1 fully saturated rings. The molecule has 0 bridgehead atoms. The SMILES string of the molecule is CCCNC(=O)CN(C)C(=O)CN1CCN(c2ccccc2[N+](=O)[O-])CC1. The molecule has 0 aromatic heterocycles. The highest BCUT2D eigenvalue weighted by atomic mass is 16.6. The number of rotatable bonds is 8. The molecular formula is C18H27N5O4. The Labute approximate surface area is 159 Å². The van der Waals surface area contributed by atoms with Crippen LogP contribution in [0.4, 0.5) is 11.4 Å². The van der Waals surface area contributed by atoms with E-state index in [1.165, 1.54) is 11.0 Å². The largest absolute Gasteiger partial charge is 0.363 e. The molecule has 1 aliphatic rings. The van der Waals surface area contributed by atoms with Crippen molar-refractivity contribution in [3.63, 3.8) is 0 Å². The van der Waals surface area contributed by atoms with Crippen molar-refractivity contribution < 1.29 is 14.5 Å². The Balaban J connectivity index is 1.83. The predicted molar refractivity (Wildman–Crippen MR) is 103 cm³/mol. The van der Waals surface area contributed by atoms with Gasteiger partial charge in [0.25, 0.3) is 5.69 Å². The highest BCUT2D eigenvalue weighted by Crippen LogP contribution is 2.28. The second-order valence-electron chi connectivity index (χ2n) is 6.61. The number of para-hydroxylation sites is 2. The van der Waals surface area contributed by atoms with E-state index in [-0.39, 0.29) is 35.5 Å². The summed E-state index contributed by atoms with van der Waals surface area (Å²) in [4.78, 5) is 40.3. The van der Waals surface area contributed by atoms with E-state index in [9.17, 15) is 19.7 Å². The normalized spacial score (nSPS) is 14.7. The van der Waals surface area contributed by atoms with Gasteiger partial charge in [0.05, 0.1) is 18.0 Å². The molecule has 2 rings (SSSR count). The third kappa shape index (κ3) is 5.92. The number of nitro benzene ring substituents is 1. The van der Waals surface area contributed by atoms with Gasteiger partial charge in [-0.3, -0.25) is 24.6 Å². The minimum absolute atomic E-state index is 0.0506. The lowest BCUT2D eigenvalue weighted by Gasteiger charge is -2.35. The molecule has 27 heavy (non-hydrogen) atoms. The number of piperazine rings is 1. The Morgan fingerprint density at radius 3 is 2.52 bits per heavy atom. The first kappa shape index (κ1) is 20.6. The molecule has 148 valence electrons. The lowest BCUT2D eigenvalue weighted by atomic mass is 10.2. The Hall–Kier alpha value is -2.68. The van der Waals surface area contributed by atoms with Gasteiger partial charge in [-0.2, -0.15) is 0 Å². The maximum Gasteiger partial charge on any atom is 0.292 e. The summed E-state index contributed by atoms with van der Waals surface area (Å²) >= 11 is 0. The molecule has 2 amide bonds. The van der Waals surface area contributed by atoms with E-state index >= 15 is 0 Å². The third-order valence-electron chi connectivity index (χ3n) is 4.53. The van der Waals surface area contributed by atoms with Gasteiger partial charge in [0, 0.05) is 45.8 Å². The van der Waals surface area contributed by atoms with Crippen LogP contribution in [0.5, 0.6) is 0 Å². The number of likely N-dealkylation sites (N-methyl/N-ethyl adjacent to an activating group) is 1. The number of hydrogen-bond donors (Lipinski definition) is 1. The van der Waals surface area contributed by atoms with E-state index in [0.29, 0.717) is 38.4 Å². The van der Waals surface area contributed by atoms with Crippen LogP contribution >= 0.6 is 0 Å². The second-order valence-corrected chi connectivity index (χ2v) is 6.61. The smallest absolute Gasteiger partial charge is 0.292 e. The molecule has 1 aliphatic heterocycles. The van der Waals surface area contributed by atoms with Crippen LogP contribution in [0.15, 0.2) is 24.3 Å². The molecule has 1 aromatic rings. The van der Waals surface area contributed by atoms with E-state index in [4.69, 9.17) is 0 Å². The molecule has 9 nitrogen and oxygen atoms in total. The van der Waals surface area contributed by atoms with Gasteiger partial charge >= 0.3 is 0 Å². The number of nitrogens with zero attached hydrogens (tertiary/aromatic N) is 4. The van der Waals surface area contributed by atoms with Gasteiger partial charge in [-0.1, -0.05) is 19.1 Å². The van der Waals surface area contributed by atoms with Crippen LogP contribution in [0.1, 0.15) is 13.3 Å². The van der Waals surface area contributed by atoms with Crippen molar-refractivity contribution in [2.45, 2.75) is 13.3 Å². The molecule has 1 N–H and O–H groups in total. The number of carbonyl (C=O) groups excluding carboxylic acids is 2. The van der Waals surface area contributed by atoms with Gasteiger partial charge < -0.3 is 15.1 Å². The van der Waals surface area contributed by atoms with Gasteiger partial charge in [-0.25, -0.2) is 0 Å². The molecule has 0 spiro atoms. The monoisotopic (exact) mass is 377 g/mol. The van der Waals surface area contributed by atoms with Crippen molar-refractivity contribution in [1.82, 2.24) is 15.1 Å². The number of amides is 2. The zero-order valence-electron chi connectivity index (χ0n) is 15.9. The number of carbonyl (C=O) groups is 2. The molecule has 0 radical (unpaired) electrons. The van der Waals surface area contributed by atoms with E-state index in [0.717, 1.165) is 6.42 Å². The topological polar surface area (TPSA) is 99.0 Å². The van der Waals surface area contributed by atoms with Crippen LogP contribution in [0.2, 0.25) is 0 Å². The number of benzene rings is 1. The first-order valence-corrected chi connectivity index (χ1v) is 9.13. The molecule has 1 saturated heterocycles. The van der Waals surface area contributed by atoms with Crippen LogP contribution in [-0.2, 0) is 9.59 Å². The van der Waals surface area contributed by atoms with E-state index < -0.39 is 0 Å². The van der Waals surface area contributed by atoms with Crippen molar-refractivity contribution >= 4 is 23.2 Å². The number of nitrogens with one attached hydrogen (secondary N) is 1. The van der Waals surface area contributed by atoms with Crippen molar-refractivity contribution in [2.24, 2.45) is 0 Å². The summed E-state index contributed by atoms with van der Waals surface area (Å²) in [6, 6.07) is 6.70. The number of hydrogen-bond acceptors (Lipinski definition) is 6. The fraction of sp³-hybridized carbons (Fsp3) is 0.556. The summed E-state index contributed by atoms with van der Waals surface area (Å²) in [6.45, 7) is 5.35. The summed E-state index contributed by atoms with van der Waals surface area (Å²) in [7, 11) is 1.62. The fourth-order valence-corrected chi connectivity index (χ4v) is 2.97. The molecule has 0 saturated carbocycles. The van der Waals surface area contributed by atoms with Crippen LogP contribution in [-0.4, -0.2) is 79.4 Å². The number of anilines is 1. The maximum atomic E-state index is 12.3. The second kappa shape index (κ2) is 9.86. The first-order chi connectivity index (χ1) is 12.9. The maximum absolute atomic E-state index is 12.3. The standard InChI is InChI=1S/C18H27N5O4/c1-3-8-19-17(24)13-20(2)18(25)14-21-9-11-22(12-10-21)15-6-4-5-7-16(15)23(26)27/h4-7H,3,8-14H2,1-2H3,(H,19,24). The first-order valence-electron chi connectivity index (χ1n) is 9.13. The fourth-order valence-electron chi connectivity index (χ4n) is 2.97. The zero-order chi connectivity index (χ0) is 19.8. The van der Waals surface area contributed by atoms with Crippen molar-refractivity contribution in [3.05, 3.63) is 34.4 Å². The predicted octanol–water partition coefficient (Wildman–Crippen LogP) is 0.701. The summed E-state index contributed by atoms with van der Waals surface area (Å²) in [5.41, 5.74) is 0.707. The minimum atomic E-state index is -0.371. The third-order valence-corrected chi connectivity index (χ3v) is 4.53. The highest BCUT2D eigenvalue weighted by Gasteiger charge is 2.25. The summed E-state index contributed by atoms with van der Waals surface area (Å²) in [5.74, 6) is -0.269. The average Bonchev–Trinajstić information content (AvgIpc) is 2.66. The molecule has 0 aliphatic carbocycles. The van der Waals surface area contributed by atoms with Crippen LogP contribution < -0.4 is 10.2 Å². The highest BCUT2D eigenvalue weighted by molar-refractivity contribution is 5.85. The molecule has 1 aromatic carbocycles. The Morgan fingerprint density at radius 1 is 1.22 bits per heavy atom. The Morgan fingerprint density at radius 2 is 1.89 bits per heavy atom. The van der Waals surface area contributed by atoms with Gasteiger partial charge in [-0.05, 0) is 12.5 Å². The average molecular weight is 377 g/mol. The Bertz CT molecular complexity index is 673. The molecule has 0 unspecified atom stereocenters. The van der Waals surface area contributed by atoms with Crippen LogP contribution in [0.25, 0.3) is 0 Å². The van der Waals surface area contributed by atoms with Crippen molar-refractivity contribution in [3.8, 4) is 0 Å². The van der Waals surface area contributed by atoms with Gasteiger partial charge in [0.2, 0.25) is 11.8 Å². The van der Waals surface area contributed by atoms with Crippen LogP contribution in [0, 0.1) is 10.1 Å². The van der Waals surface area contributed by atoms with Gasteiger partial charge in [0.15, 0.2) is 0 Å². The molecule has 9 heteroatoms. The zero-order valence-corrected chi connectivity index (χ0v) is 15.9. The quantitative estimate of drug-likeness (QED) is 0.529. The van der Waals surface area contributed by atoms with Crippen molar-refractivity contribution in [2.75, 3.05) is 57.8 Å². The lowest BCUT2D eigenvalue weighted by Crippen LogP contribution is -2.50. The van der Waals surface area contributed by atoms with Gasteiger partial charge in [0.1, 0.15) is 5.69 Å².